The predicted octanol–water partition coefficient (Wildman–Crippen LogP) is 2.83. The molecule has 100 valence electrons. The highest BCUT2D eigenvalue weighted by atomic mass is 32.1. The van der Waals surface area contributed by atoms with Crippen LogP contribution in [-0.2, 0) is 0 Å². The van der Waals surface area contributed by atoms with E-state index in [2.05, 4.69) is 10.3 Å². The molecule has 1 aromatic carbocycles. The first kappa shape index (κ1) is 13.5. The third kappa shape index (κ3) is 3.12. The van der Waals surface area contributed by atoms with Gasteiger partial charge in [0.15, 0.2) is 0 Å². The zero-order chi connectivity index (χ0) is 14.0. The fourth-order valence-electron chi connectivity index (χ4n) is 1.69. The van der Waals surface area contributed by atoms with E-state index < -0.39 is 0 Å². The fourth-order valence-corrected chi connectivity index (χ4v) is 2.50. The van der Waals surface area contributed by atoms with Gasteiger partial charge in [-0.05, 0) is 38.5 Å². The number of carbonyl (C=O) groups excluding carboxylic acids is 1. The van der Waals surface area contributed by atoms with Crippen molar-refractivity contribution in [2.75, 3.05) is 5.73 Å². The third-order valence-electron chi connectivity index (χ3n) is 2.90. The van der Waals surface area contributed by atoms with E-state index in [9.17, 15) is 4.79 Å². The van der Waals surface area contributed by atoms with Crippen LogP contribution in [0.2, 0.25) is 0 Å². The second-order valence-electron chi connectivity index (χ2n) is 4.59. The van der Waals surface area contributed by atoms with Crippen LogP contribution in [-0.4, -0.2) is 10.9 Å². The number of carbonyl (C=O) groups is 1. The van der Waals surface area contributed by atoms with Crippen LogP contribution in [0.15, 0.2) is 23.6 Å². The van der Waals surface area contributed by atoms with Gasteiger partial charge in [0.05, 0.1) is 6.04 Å². The minimum Gasteiger partial charge on any atom is -0.398 e. The molecule has 2 aromatic rings. The molecule has 4 nitrogen and oxygen atoms in total. The monoisotopic (exact) mass is 275 g/mol. The number of aryl methyl sites for hydroxylation is 2. The molecule has 0 aliphatic carbocycles. The van der Waals surface area contributed by atoms with Gasteiger partial charge in [-0.15, -0.1) is 11.3 Å². The Morgan fingerprint density at radius 3 is 2.74 bits per heavy atom. The average Bonchev–Trinajstić information content (AvgIpc) is 2.79. The van der Waals surface area contributed by atoms with E-state index in [-0.39, 0.29) is 11.9 Å². The van der Waals surface area contributed by atoms with Gasteiger partial charge in [-0.25, -0.2) is 4.98 Å². The number of nitrogen functional groups attached to an aromatic ring is 1. The minimum atomic E-state index is -0.132. The molecule has 0 spiro atoms. The van der Waals surface area contributed by atoms with Gasteiger partial charge in [-0.2, -0.15) is 0 Å². The number of thiazole rings is 1. The number of benzene rings is 1. The Bertz CT molecular complexity index is 606. The van der Waals surface area contributed by atoms with Crippen molar-refractivity contribution in [2.45, 2.75) is 26.8 Å². The molecule has 0 saturated carbocycles. The van der Waals surface area contributed by atoms with Gasteiger partial charge >= 0.3 is 0 Å². The van der Waals surface area contributed by atoms with Gasteiger partial charge in [0.2, 0.25) is 0 Å². The molecule has 1 unspecified atom stereocenters. The van der Waals surface area contributed by atoms with E-state index >= 15 is 0 Å². The van der Waals surface area contributed by atoms with Crippen molar-refractivity contribution in [1.82, 2.24) is 10.3 Å². The van der Waals surface area contributed by atoms with E-state index in [1.165, 1.54) is 0 Å². The van der Waals surface area contributed by atoms with E-state index in [1.54, 1.807) is 23.5 Å². The zero-order valence-corrected chi connectivity index (χ0v) is 12.0. The quantitative estimate of drug-likeness (QED) is 0.846. The molecule has 0 saturated heterocycles. The van der Waals surface area contributed by atoms with Gasteiger partial charge < -0.3 is 11.1 Å². The lowest BCUT2D eigenvalue weighted by atomic mass is 10.1. The molecule has 5 heteroatoms. The van der Waals surface area contributed by atoms with Crippen molar-refractivity contribution in [3.05, 3.63) is 45.4 Å². The molecular formula is C14H17N3OS. The normalized spacial score (nSPS) is 12.2. The maximum Gasteiger partial charge on any atom is 0.251 e. The van der Waals surface area contributed by atoms with E-state index in [4.69, 9.17) is 5.73 Å². The maximum atomic E-state index is 12.1. The second kappa shape index (κ2) is 5.40. The molecule has 0 bridgehead atoms. The number of aromatic nitrogens is 1. The highest BCUT2D eigenvalue weighted by molar-refractivity contribution is 7.09. The molecule has 1 heterocycles. The van der Waals surface area contributed by atoms with E-state index in [0.29, 0.717) is 11.3 Å². The van der Waals surface area contributed by atoms with Crippen LogP contribution in [0.3, 0.4) is 0 Å². The molecule has 0 radical (unpaired) electrons. The highest BCUT2D eigenvalue weighted by Gasteiger charge is 2.14. The van der Waals surface area contributed by atoms with Crippen molar-refractivity contribution in [1.29, 1.82) is 0 Å². The smallest absolute Gasteiger partial charge is 0.251 e. The second-order valence-corrected chi connectivity index (χ2v) is 5.48. The summed E-state index contributed by atoms with van der Waals surface area (Å²) in [4.78, 5) is 16.5. The van der Waals surface area contributed by atoms with Gasteiger partial charge in [-0.1, -0.05) is 6.07 Å². The summed E-state index contributed by atoms with van der Waals surface area (Å²) in [5, 5.41) is 5.81. The summed E-state index contributed by atoms with van der Waals surface area (Å²) in [6.07, 6.45) is 0. The molecule has 0 fully saturated rings. The average molecular weight is 275 g/mol. The lowest BCUT2D eigenvalue weighted by Crippen LogP contribution is -2.26. The molecule has 1 aromatic heterocycles. The lowest BCUT2D eigenvalue weighted by molar-refractivity contribution is 0.0940. The Hall–Kier alpha value is -1.88. The fraction of sp³-hybridized carbons (Fsp3) is 0.286. The topological polar surface area (TPSA) is 68.0 Å². The van der Waals surface area contributed by atoms with Crippen LogP contribution in [0.5, 0.6) is 0 Å². The standard InChI is InChI=1S/C14H17N3OS/c1-8-4-5-11(6-12(8)15)13(18)17-10(3)14-16-9(2)7-19-14/h4-7,10H,15H2,1-3H3,(H,17,18). The number of nitrogens with one attached hydrogen (secondary N) is 1. The van der Waals surface area contributed by atoms with Crippen LogP contribution in [0.25, 0.3) is 0 Å². The van der Waals surface area contributed by atoms with Crippen molar-refractivity contribution in [3.8, 4) is 0 Å². The molecule has 1 amide bonds. The summed E-state index contributed by atoms with van der Waals surface area (Å²) in [6.45, 7) is 5.78. The van der Waals surface area contributed by atoms with Crippen LogP contribution in [0, 0.1) is 13.8 Å². The van der Waals surface area contributed by atoms with Crippen molar-refractivity contribution >= 4 is 22.9 Å². The number of nitrogens with two attached hydrogens (primary N) is 1. The minimum absolute atomic E-state index is 0.103. The SMILES string of the molecule is Cc1csc(C(C)NC(=O)c2ccc(C)c(N)c2)n1. The Morgan fingerprint density at radius 2 is 2.16 bits per heavy atom. The highest BCUT2D eigenvalue weighted by Crippen LogP contribution is 2.19. The van der Waals surface area contributed by atoms with E-state index in [1.807, 2.05) is 32.2 Å². The Morgan fingerprint density at radius 1 is 1.42 bits per heavy atom. The predicted molar refractivity (Wildman–Crippen MR) is 78.3 cm³/mol. The van der Waals surface area contributed by atoms with Crippen molar-refractivity contribution in [2.24, 2.45) is 0 Å². The van der Waals surface area contributed by atoms with Gasteiger partial charge in [0.25, 0.3) is 5.91 Å². The molecule has 19 heavy (non-hydrogen) atoms. The number of amides is 1. The first-order chi connectivity index (χ1) is 8.97. The molecule has 0 aliphatic rings. The lowest BCUT2D eigenvalue weighted by Gasteiger charge is -2.12. The zero-order valence-electron chi connectivity index (χ0n) is 11.2. The summed E-state index contributed by atoms with van der Waals surface area (Å²) in [6, 6.07) is 5.22. The summed E-state index contributed by atoms with van der Waals surface area (Å²) in [5.41, 5.74) is 8.96. The molecule has 0 aliphatic heterocycles. The number of anilines is 1. The summed E-state index contributed by atoms with van der Waals surface area (Å²) < 4.78 is 0. The number of rotatable bonds is 3. The van der Waals surface area contributed by atoms with Crippen LogP contribution in [0.1, 0.15) is 39.6 Å². The largest absolute Gasteiger partial charge is 0.398 e. The van der Waals surface area contributed by atoms with Crippen LogP contribution >= 0.6 is 11.3 Å². The van der Waals surface area contributed by atoms with Crippen LogP contribution in [0.4, 0.5) is 5.69 Å². The molecule has 2 rings (SSSR count). The first-order valence-corrected chi connectivity index (χ1v) is 6.94. The number of hydrogen-bond acceptors (Lipinski definition) is 4. The Labute approximate surface area is 116 Å². The number of hydrogen-bond donors (Lipinski definition) is 2. The van der Waals surface area contributed by atoms with Gasteiger partial charge in [0.1, 0.15) is 5.01 Å². The van der Waals surface area contributed by atoms with E-state index in [0.717, 1.165) is 16.3 Å². The molecule has 1 atom stereocenters. The van der Waals surface area contributed by atoms with Crippen molar-refractivity contribution in [3.63, 3.8) is 0 Å². The van der Waals surface area contributed by atoms with Gasteiger partial charge in [-0.3, -0.25) is 4.79 Å². The Kier molecular flexibility index (Phi) is 3.85. The summed E-state index contributed by atoms with van der Waals surface area (Å²) >= 11 is 1.55. The Balaban J connectivity index is 2.10. The van der Waals surface area contributed by atoms with Crippen molar-refractivity contribution < 1.29 is 4.79 Å². The first-order valence-electron chi connectivity index (χ1n) is 6.06. The third-order valence-corrected chi connectivity index (χ3v) is 4.04. The summed E-state index contributed by atoms with van der Waals surface area (Å²) in [5.74, 6) is -0.132. The van der Waals surface area contributed by atoms with Crippen LogP contribution < -0.4 is 11.1 Å². The summed E-state index contributed by atoms with van der Waals surface area (Å²) in [7, 11) is 0. The molecule has 3 N–H and O–H groups in total. The maximum absolute atomic E-state index is 12.1. The molecular weight excluding hydrogens is 258 g/mol. The van der Waals surface area contributed by atoms with Gasteiger partial charge in [0, 0.05) is 22.3 Å². The number of nitrogens with zero attached hydrogens (tertiary/aromatic N) is 1.